The number of unbranched alkanes of at least 4 members (excludes halogenated alkanes) is 1. The summed E-state index contributed by atoms with van der Waals surface area (Å²) in [6.45, 7) is 2.15. The molecule has 0 unspecified atom stereocenters. The third kappa shape index (κ3) is 4.58. The molecule has 0 aliphatic carbocycles. The van der Waals surface area contributed by atoms with Gasteiger partial charge in [-0.3, -0.25) is 4.79 Å². The van der Waals surface area contributed by atoms with Crippen LogP contribution >= 0.6 is 11.3 Å². The van der Waals surface area contributed by atoms with E-state index in [0.717, 1.165) is 57.7 Å². The number of rotatable bonds is 8. The average molecular weight is 469 g/mol. The molecule has 5 aromatic rings. The fourth-order valence-corrected chi connectivity index (χ4v) is 4.69. The van der Waals surface area contributed by atoms with Gasteiger partial charge in [-0.15, -0.1) is 21.5 Å². The van der Waals surface area contributed by atoms with Crippen molar-refractivity contribution in [2.75, 3.05) is 0 Å². The first kappa shape index (κ1) is 21.9. The van der Waals surface area contributed by atoms with Gasteiger partial charge >= 0.3 is 0 Å². The lowest BCUT2D eigenvalue weighted by molar-refractivity contribution is 0.761. The van der Waals surface area contributed by atoms with Crippen LogP contribution in [0, 0.1) is 0 Å². The highest BCUT2D eigenvalue weighted by atomic mass is 32.1. The first-order valence-electron chi connectivity index (χ1n) is 11.3. The molecule has 0 saturated carbocycles. The molecular formula is C26H24N6OS. The Balaban J connectivity index is 1.45. The van der Waals surface area contributed by atoms with Crippen molar-refractivity contribution in [1.29, 1.82) is 0 Å². The molecule has 170 valence electrons. The molecule has 3 heterocycles. The average Bonchev–Trinajstić information content (AvgIpc) is 3.60. The fourth-order valence-electron chi connectivity index (χ4n) is 4.02. The summed E-state index contributed by atoms with van der Waals surface area (Å²) in [7, 11) is 0. The molecular weight excluding hydrogens is 444 g/mol. The summed E-state index contributed by atoms with van der Waals surface area (Å²) in [6, 6.07) is 20.2. The second-order valence-corrected chi connectivity index (χ2v) is 9.02. The van der Waals surface area contributed by atoms with E-state index in [1.54, 1.807) is 11.3 Å². The highest BCUT2D eigenvalue weighted by Crippen LogP contribution is 2.30. The van der Waals surface area contributed by atoms with Crippen molar-refractivity contribution >= 4 is 11.3 Å². The third-order valence-electron chi connectivity index (χ3n) is 5.78. The third-order valence-corrected chi connectivity index (χ3v) is 6.66. The molecule has 0 spiro atoms. The monoisotopic (exact) mass is 468 g/mol. The summed E-state index contributed by atoms with van der Waals surface area (Å²) >= 11 is 1.58. The van der Waals surface area contributed by atoms with Crippen molar-refractivity contribution in [3.63, 3.8) is 0 Å². The largest absolute Gasteiger partial charge is 0.306 e. The first-order chi connectivity index (χ1) is 16.7. The van der Waals surface area contributed by atoms with E-state index < -0.39 is 0 Å². The van der Waals surface area contributed by atoms with Crippen molar-refractivity contribution < 1.29 is 0 Å². The molecule has 3 aromatic heterocycles. The highest BCUT2D eigenvalue weighted by molar-refractivity contribution is 7.13. The lowest BCUT2D eigenvalue weighted by Gasteiger charge is -2.11. The number of aromatic amines is 2. The maximum absolute atomic E-state index is 13.1. The minimum absolute atomic E-state index is 0.0592. The van der Waals surface area contributed by atoms with Gasteiger partial charge in [0.05, 0.1) is 10.6 Å². The molecule has 34 heavy (non-hydrogen) atoms. The molecule has 8 heteroatoms. The Labute approximate surface area is 200 Å². The molecule has 2 N–H and O–H groups in total. The van der Waals surface area contributed by atoms with Crippen LogP contribution in [0.5, 0.6) is 0 Å². The molecule has 5 rings (SSSR count). The molecule has 7 nitrogen and oxygen atoms in total. The van der Waals surface area contributed by atoms with Crippen LogP contribution in [0.2, 0.25) is 0 Å². The van der Waals surface area contributed by atoms with Crippen LogP contribution in [0.3, 0.4) is 0 Å². The molecule has 0 aliphatic heterocycles. The Morgan fingerprint density at radius 3 is 2.50 bits per heavy atom. The van der Waals surface area contributed by atoms with Crippen LogP contribution in [-0.2, 0) is 12.8 Å². The lowest BCUT2D eigenvalue weighted by Crippen LogP contribution is -2.19. The Kier molecular flexibility index (Phi) is 6.40. The Morgan fingerprint density at radius 1 is 0.971 bits per heavy atom. The molecule has 0 atom stereocenters. The normalized spacial score (nSPS) is 11.1. The van der Waals surface area contributed by atoms with E-state index in [9.17, 15) is 4.79 Å². The molecule has 0 fully saturated rings. The zero-order valence-corrected chi connectivity index (χ0v) is 19.6. The summed E-state index contributed by atoms with van der Waals surface area (Å²) in [5.74, 6) is 1.21. The minimum Gasteiger partial charge on any atom is -0.306 e. The number of nitrogens with one attached hydrogen (secondary N) is 2. The van der Waals surface area contributed by atoms with Crippen molar-refractivity contribution in [2.45, 2.75) is 32.6 Å². The minimum atomic E-state index is -0.0592. The van der Waals surface area contributed by atoms with Crippen molar-refractivity contribution in [2.24, 2.45) is 0 Å². The van der Waals surface area contributed by atoms with Crippen molar-refractivity contribution in [3.05, 3.63) is 93.2 Å². The number of hydrogen-bond donors (Lipinski definition) is 2. The van der Waals surface area contributed by atoms with Gasteiger partial charge in [-0.05, 0) is 46.2 Å². The van der Waals surface area contributed by atoms with Crippen molar-refractivity contribution in [3.8, 4) is 33.2 Å². The number of hydrogen-bond acceptors (Lipinski definition) is 6. The number of aromatic nitrogens is 6. The number of nitrogens with zero attached hydrogens (tertiary/aromatic N) is 4. The van der Waals surface area contributed by atoms with E-state index >= 15 is 0 Å². The van der Waals surface area contributed by atoms with Gasteiger partial charge in [0, 0.05) is 17.5 Å². The highest BCUT2D eigenvalue weighted by Gasteiger charge is 2.15. The fraction of sp³-hybridized carbons (Fsp3) is 0.192. The molecule has 0 aliphatic rings. The van der Waals surface area contributed by atoms with Gasteiger partial charge in [0.15, 0.2) is 5.82 Å². The van der Waals surface area contributed by atoms with Crippen LogP contribution in [0.25, 0.3) is 33.2 Å². The Morgan fingerprint density at radius 2 is 1.79 bits per heavy atom. The van der Waals surface area contributed by atoms with Crippen LogP contribution in [0.15, 0.2) is 70.8 Å². The van der Waals surface area contributed by atoms with Crippen LogP contribution in [0.4, 0.5) is 0 Å². The van der Waals surface area contributed by atoms with Gasteiger partial charge in [0.25, 0.3) is 5.56 Å². The van der Waals surface area contributed by atoms with E-state index in [4.69, 9.17) is 4.98 Å². The van der Waals surface area contributed by atoms with E-state index in [1.165, 1.54) is 0 Å². The molecule has 0 bridgehead atoms. The summed E-state index contributed by atoms with van der Waals surface area (Å²) in [6.07, 6.45) is 3.39. The number of tetrazole rings is 1. The van der Waals surface area contributed by atoms with Gasteiger partial charge in [-0.1, -0.05) is 67.9 Å². The zero-order valence-electron chi connectivity index (χ0n) is 18.8. The quantitative estimate of drug-likeness (QED) is 0.323. The van der Waals surface area contributed by atoms with E-state index in [0.29, 0.717) is 18.1 Å². The molecule has 0 radical (unpaired) electrons. The summed E-state index contributed by atoms with van der Waals surface area (Å²) in [5.41, 5.74) is 5.63. The predicted molar refractivity (Wildman–Crippen MR) is 135 cm³/mol. The van der Waals surface area contributed by atoms with Crippen LogP contribution < -0.4 is 5.56 Å². The van der Waals surface area contributed by atoms with E-state index in [-0.39, 0.29) is 5.56 Å². The standard InChI is InChI=1S/C26H24N6OS/c1-2-3-9-22-21(26(33)28-25(27-22)23-10-6-15-34-23)16-17-11-13-18(14-12-17)19-7-4-5-8-20(19)24-29-31-32-30-24/h4-8,10-15H,2-3,9,16H2,1H3,(H,27,28,33)(H,29,30,31,32). The number of thiophene rings is 1. The van der Waals surface area contributed by atoms with Gasteiger partial charge in [0.1, 0.15) is 0 Å². The summed E-state index contributed by atoms with van der Waals surface area (Å²) < 4.78 is 0. The second kappa shape index (κ2) is 9.93. The molecule has 2 aromatic carbocycles. The Hall–Kier alpha value is -3.91. The van der Waals surface area contributed by atoms with E-state index in [1.807, 2.05) is 41.8 Å². The maximum atomic E-state index is 13.1. The number of benzene rings is 2. The van der Waals surface area contributed by atoms with Gasteiger partial charge in [0.2, 0.25) is 5.82 Å². The number of H-pyrrole nitrogens is 2. The maximum Gasteiger partial charge on any atom is 0.254 e. The lowest BCUT2D eigenvalue weighted by atomic mass is 9.96. The topological polar surface area (TPSA) is 100 Å². The van der Waals surface area contributed by atoms with Crippen LogP contribution in [0.1, 0.15) is 36.6 Å². The summed E-state index contributed by atoms with van der Waals surface area (Å²) in [4.78, 5) is 21.9. The van der Waals surface area contributed by atoms with Gasteiger partial charge in [-0.2, -0.15) is 5.21 Å². The first-order valence-corrected chi connectivity index (χ1v) is 12.2. The second-order valence-electron chi connectivity index (χ2n) is 8.08. The molecule has 0 saturated heterocycles. The Bertz CT molecular complexity index is 1420. The van der Waals surface area contributed by atoms with Gasteiger partial charge < -0.3 is 4.98 Å². The summed E-state index contributed by atoms with van der Waals surface area (Å²) in [5, 5.41) is 16.4. The zero-order chi connectivity index (χ0) is 23.3. The predicted octanol–water partition coefficient (Wildman–Crippen LogP) is 5.28. The smallest absolute Gasteiger partial charge is 0.254 e. The number of aryl methyl sites for hydroxylation is 1. The van der Waals surface area contributed by atoms with Crippen LogP contribution in [-0.4, -0.2) is 30.6 Å². The molecule has 0 amide bonds. The van der Waals surface area contributed by atoms with E-state index in [2.05, 4.69) is 56.8 Å². The van der Waals surface area contributed by atoms with Gasteiger partial charge in [-0.25, -0.2) is 4.98 Å². The van der Waals surface area contributed by atoms with Crippen molar-refractivity contribution in [1.82, 2.24) is 30.6 Å². The SMILES string of the molecule is CCCCc1nc(-c2cccs2)[nH]c(=O)c1Cc1ccc(-c2ccccc2-c2nn[nH]n2)cc1.